The lowest BCUT2D eigenvalue weighted by molar-refractivity contribution is -0.111. The fourth-order valence-electron chi connectivity index (χ4n) is 2.29. The lowest BCUT2D eigenvalue weighted by Gasteiger charge is -2.06. The fourth-order valence-corrected chi connectivity index (χ4v) is 2.29. The predicted molar refractivity (Wildman–Crippen MR) is 87.4 cm³/mol. The number of carbonyl (C=O) groups is 1. The van der Waals surface area contributed by atoms with Crippen molar-refractivity contribution in [1.29, 1.82) is 0 Å². The minimum absolute atomic E-state index is 0.133. The van der Waals surface area contributed by atoms with Gasteiger partial charge in [0.15, 0.2) is 0 Å². The van der Waals surface area contributed by atoms with Gasteiger partial charge < -0.3 is 10.3 Å². The first-order valence-electron chi connectivity index (χ1n) is 6.98. The summed E-state index contributed by atoms with van der Waals surface area (Å²) in [5.41, 5.74) is 4.26. The van der Waals surface area contributed by atoms with E-state index in [1.54, 1.807) is 6.08 Å². The molecule has 2 aromatic heterocycles. The summed E-state index contributed by atoms with van der Waals surface area (Å²) >= 11 is 0. The van der Waals surface area contributed by atoms with Crippen molar-refractivity contribution in [2.75, 3.05) is 5.32 Å². The van der Waals surface area contributed by atoms with Gasteiger partial charge in [0, 0.05) is 28.9 Å². The van der Waals surface area contributed by atoms with Gasteiger partial charge in [0.25, 0.3) is 0 Å². The Kier molecular flexibility index (Phi) is 3.70. The Labute approximate surface area is 128 Å². The van der Waals surface area contributed by atoms with E-state index >= 15 is 0 Å². The summed E-state index contributed by atoms with van der Waals surface area (Å²) < 4.78 is 0. The topological polar surface area (TPSA) is 70.7 Å². The highest BCUT2D eigenvalue weighted by Gasteiger charge is 2.08. The molecule has 5 heteroatoms. The van der Waals surface area contributed by atoms with Crippen LogP contribution in [0.5, 0.6) is 0 Å². The molecule has 22 heavy (non-hydrogen) atoms. The number of anilines is 1. The highest BCUT2D eigenvalue weighted by Crippen LogP contribution is 2.26. The Morgan fingerprint density at radius 1 is 1.23 bits per heavy atom. The molecule has 3 rings (SSSR count). The number of nitrogens with one attached hydrogen (secondary N) is 2. The second-order valence-electron chi connectivity index (χ2n) is 5.25. The second-order valence-corrected chi connectivity index (χ2v) is 5.25. The third-order valence-corrected chi connectivity index (χ3v) is 3.18. The molecule has 0 saturated heterocycles. The van der Waals surface area contributed by atoms with Crippen molar-refractivity contribution >= 4 is 22.6 Å². The number of hydrogen-bond donors (Lipinski definition) is 2. The summed E-state index contributed by atoms with van der Waals surface area (Å²) in [5.74, 6) is -0.133. The van der Waals surface area contributed by atoms with Gasteiger partial charge >= 0.3 is 0 Å². The van der Waals surface area contributed by atoms with E-state index in [2.05, 4.69) is 20.3 Å². The first-order valence-corrected chi connectivity index (χ1v) is 6.98. The average molecular weight is 292 g/mol. The number of benzene rings is 1. The van der Waals surface area contributed by atoms with Gasteiger partial charge in [-0.2, -0.15) is 0 Å². The number of rotatable bonds is 3. The molecule has 0 aliphatic carbocycles. The van der Waals surface area contributed by atoms with Crippen molar-refractivity contribution in [3.8, 4) is 11.3 Å². The molecule has 1 amide bonds. The monoisotopic (exact) mass is 292 g/mol. The summed E-state index contributed by atoms with van der Waals surface area (Å²) in [6.07, 6.45) is 4.94. The van der Waals surface area contributed by atoms with Gasteiger partial charge in [0.1, 0.15) is 12.0 Å². The SMILES string of the molecule is CC(C)=CC(=O)Nc1cccc(-c2ncnc3[nH]ccc23)c1. The number of aromatic nitrogens is 3. The van der Waals surface area contributed by atoms with Crippen LogP contribution in [0.15, 0.2) is 54.5 Å². The Bertz CT molecular complexity index is 860. The van der Waals surface area contributed by atoms with Crippen molar-refractivity contribution < 1.29 is 4.79 Å². The summed E-state index contributed by atoms with van der Waals surface area (Å²) in [7, 11) is 0. The summed E-state index contributed by atoms with van der Waals surface area (Å²) in [6, 6.07) is 9.57. The molecule has 0 saturated carbocycles. The average Bonchev–Trinajstić information content (AvgIpc) is 2.94. The molecule has 110 valence electrons. The normalized spacial score (nSPS) is 10.5. The van der Waals surface area contributed by atoms with E-state index in [0.29, 0.717) is 0 Å². The van der Waals surface area contributed by atoms with Crippen LogP contribution in [0.4, 0.5) is 5.69 Å². The number of hydrogen-bond acceptors (Lipinski definition) is 3. The highest BCUT2D eigenvalue weighted by molar-refractivity contribution is 6.00. The van der Waals surface area contributed by atoms with Gasteiger partial charge in [-0.1, -0.05) is 17.7 Å². The molecule has 5 nitrogen and oxygen atoms in total. The van der Waals surface area contributed by atoms with Crippen molar-refractivity contribution in [3.05, 3.63) is 54.5 Å². The number of aromatic amines is 1. The van der Waals surface area contributed by atoms with Crippen molar-refractivity contribution in [1.82, 2.24) is 15.0 Å². The van der Waals surface area contributed by atoms with E-state index in [1.807, 2.05) is 50.4 Å². The van der Waals surface area contributed by atoms with Gasteiger partial charge in [-0.3, -0.25) is 4.79 Å². The standard InChI is InChI=1S/C17H16N4O/c1-11(2)8-15(22)21-13-5-3-4-12(9-13)16-14-6-7-18-17(14)20-10-19-16/h3-10H,1-2H3,(H,21,22)(H,18,19,20). The number of fused-ring (bicyclic) bond motifs is 1. The van der Waals surface area contributed by atoms with Gasteiger partial charge in [0.2, 0.25) is 5.91 Å². The van der Waals surface area contributed by atoms with E-state index in [4.69, 9.17) is 0 Å². The molecule has 2 N–H and O–H groups in total. The fraction of sp³-hybridized carbons (Fsp3) is 0.118. The number of nitrogens with zero attached hydrogens (tertiary/aromatic N) is 2. The molecule has 0 atom stereocenters. The smallest absolute Gasteiger partial charge is 0.248 e. The third-order valence-electron chi connectivity index (χ3n) is 3.18. The zero-order valence-electron chi connectivity index (χ0n) is 12.4. The van der Waals surface area contributed by atoms with Gasteiger partial charge in [0.05, 0.1) is 5.69 Å². The molecule has 0 bridgehead atoms. The largest absolute Gasteiger partial charge is 0.346 e. The Hall–Kier alpha value is -2.95. The van der Waals surface area contributed by atoms with Crippen LogP contribution < -0.4 is 5.32 Å². The minimum Gasteiger partial charge on any atom is -0.346 e. The molecule has 0 spiro atoms. The van der Waals surface area contributed by atoms with Crippen LogP contribution in [0.1, 0.15) is 13.8 Å². The van der Waals surface area contributed by atoms with E-state index in [-0.39, 0.29) is 5.91 Å². The molecular formula is C17H16N4O. The van der Waals surface area contributed by atoms with E-state index in [1.165, 1.54) is 6.33 Å². The quantitative estimate of drug-likeness (QED) is 0.725. The van der Waals surface area contributed by atoms with E-state index in [9.17, 15) is 4.79 Å². The first kappa shape index (κ1) is 14.0. The number of H-pyrrole nitrogens is 1. The van der Waals surface area contributed by atoms with Crippen LogP contribution in [-0.4, -0.2) is 20.9 Å². The van der Waals surface area contributed by atoms with E-state index in [0.717, 1.165) is 33.6 Å². The zero-order chi connectivity index (χ0) is 15.5. The Balaban J connectivity index is 1.96. The molecule has 0 radical (unpaired) electrons. The number of amides is 1. The maximum Gasteiger partial charge on any atom is 0.248 e. The van der Waals surface area contributed by atoms with Crippen LogP contribution >= 0.6 is 0 Å². The van der Waals surface area contributed by atoms with Crippen LogP contribution in [-0.2, 0) is 4.79 Å². The maximum atomic E-state index is 11.8. The summed E-state index contributed by atoms with van der Waals surface area (Å²) in [4.78, 5) is 23.4. The zero-order valence-corrected chi connectivity index (χ0v) is 12.4. The third kappa shape index (κ3) is 2.88. The number of carbonyl (C=O) groups excluding carboxylic acids is 1. The van der Waals surface area contributed by atoms with Crippen LogP contribution in [0.3, 0.4) is 0 Å². The number of allylic oxidation sites excluding steroid dienone is 1. The highest BCUT2D eigenvalue weighted by atomic mass is 16.1. The Morgan fingerprint density at radius 3 is 2.91 bits per heavy atom. The molecule has 2 heterocycles. The molecule has 0 aliphatic heterocycles. The van der Waals surface area contributed by atoms with Crippen molar-refractivity contribution in [3.63, 3.8) is 0 Å². The maximum absolute atomic E-state index is 11.8. The van der Waals surface area contributed by atoms with E-state index < -0.39 is 0 Å². The Morgan fingerprint density at radius 2 is 2.09 bits per heavy atom. The molecule has 0 aliphatic rings. The second kappa shape index (κ2) is 5.81. The lowest BCUT2D eigenvalue weighted by Crippen LogP contribution is -2.08. The van der Waals surface area contributed by atoms with Gasteiger partial charge in [-0.05, 0) is 32.0 Å². The lowest BCUT2D eigenvalue weighted by atomic mass is 10.1. The molecular weight excluding hydrogens is 276 g/mol. The molecule has 3 aromatic rings. The molecule has 0 unspecified atom stereocenters. The minimum atomic E-state index is -0.133. The van der Waals surface area contributed by atoms with Gasteiger partial charge in [-0.15, -0.1) is 0 Å². The molecule has 1 aromatic carbocycles. The summed E-state index contributed by atoms with van der Waals surface area (Å²) in [6.45, 7) is 3.78. The summed E-state index contributed by atoms with van der Waals surface area (Å²) in [5, 5.41) is 3.81. The van der Waals surface area contributed by atoms with Gasteiger partial charge in [-0.25, -0.2) is 9.97 Å². The van der Waals surface area contributed by atoms with Crippen LogP contribution in [0.25, 0.3) is 22.3 Å². The van der Waals surface area contributed by atoms with Crippen LogP contribution in [0, 0.1) is 0 Å². The predicted octanol–water partition coefficient (Wildman–Crippen LogP) is 3.53. The first-order chi connectivity index (χ1) is 10.6. The van der Waals surface area contributed by atoms with Crippen molar-refractivity contribution in [2.24, 2.45) is 0 Å². The van der Waals surface area contributed by atoms with Crippen LogP contribution in [0.2, 0.25) is 0 Å². The molecule has 0 fully saturated rings. The van der Waals surface area contributed by atoms with Crippen molar-refractivity contribution in [2.45, 2.75) is 13.8 Å².